The number of carbonyl (C=O) groups excluding carboxylic acids is 2. The van der Waals surface area contributed by atoms with Gasteiger partial charge < -0.3 is 19.5 Å². The van der Waals surface area contributed by atoms with Crippen LogP contribution in [0.15, 0.2) is 48.8 Å². The molecule has 2 aliphatic heterocycles. The normalized spacial score (nSPS) is 18.6. The number of carboxylic acids is 1. The Bertz CT molecular complexity index is 1380. The number of fused-ring (bicyclic) bond motifs is 2. The van der Waals surface area contributed by atoms with Crippen molar-refractivity contribution in [2.24, 2.45) is 0 Å². The highest BCUT2D eigenvalue weighted by molar-refractivity contribution is 6.31. The van der Waals surface area contributed by atoms with Crippen molar-refractivity contribution in [3.8, 4) is 5.75 Å². The van der Waals surface area contributed by atoms with Crippen LogP contribution in [0.1, 0.15) is 34.3 Å². The molecule has 1 aromatic heterocycles. The molecule has 3 heterocycles. The monoisotopic (exact) mass is 528 g/mol. The maximum atomic E-state index is 15.1. The number of anilines is 1. The number of rotatable bonds is 6. The van der Waals surface area contributed by atoms with Crippen LogP contribution >= 0.6 is 11.6 Å². The Morgan fingerprint density at radius 1 is 1.24 bits per heavy atom. The highest BCUT2D eigenvalue weighted by Crippen LogP contribution is 2.45. The maximum absolute atomic E-state index is 15.1. The molecule has 0 unspecified atom stereocenters. The molecule has 0 radical (unpaired) electrons. The molecular weight excluding hydrogens is 507 g/mol. The largest absolute Gasteiger partial charge is 0.482 e. The second-order valence-corrected chi connectivity index (χ2v) is 9.28. The molecule has 0 aliphatic carbocycles. The van der Waals surface area contributed by atoms with Gasteiger partial charge in [0.2, 0.25) is 0 Å². The van der Waals surface area contributed by atoms with Crippen molar-refractivity contribution in [3.63, 3.8) is 0 Å². The summed E-state index contributed by atoms with van der Waals surface area (Å²) in [4.78, 5) is 37.8. The van der Waals surface area contributed by atoms with E-state index >= 15 is 4.39 Å². The molecule has 3 aromatic rings. The smallest absolute Gasteiger partial charge is 0.412 e. The zero-order valence-electron chi connectivity index (χ0n) is 19.4. The number of piperidine rings is 1. The number of hydrogen-bond acceptors (Lipinski definition) is 6. The molecule has 2 aromatic carbocycles. The van der Waals surface area contributed by atoms with Crippen LogP contribution in [-0.2, 0) is 21.7 Å². The minimum atomic E-state index is -1.35. The van der Waals surface area contributed by atoms with Gasteiger partial charge in [-0.15, -0.1) is 0 Å². The maximum Gasteiger partial charge on any atom is 0.412 e. The van der Waals surface area contributed by atoms with Crippen LogP contribution in [0.2, 0.25) is 5.02 Å². The van der Waals surface area contributed by atoms with E-state index in [-0.39, 0.29) is 28.7 Å². The number of aliphatic carboxylic acids is 1. The molecule has 0 saturated carbocycles. The standard InChI is InChI=1S/C25H22ClFN4O6/c26-18-6-7-19-21(22(18)27)25(37-24(35)29-19)8-1-9-30(14-25)23(34)16-10-28-31(12-16)11-15-2-4-17(5-3-15)36-13-20(32)33/h2-7,10,12H,1,8-9,11,13-14H2,(H,29,35)(H,32,33)/t25-/m0/s1. The van der Waals surface area contributed by atoms with Crippen molar-refractivity contribution < 1.29 is 33.4 Å². The fourth-order valence-electron chi connectivity index (χ4n) is 4.71. The molecule has 37 heavy (non-hydrogen) atoms. The number of carboxylic acid groups (broad SMARTS) is 1. The average molecular weight is 529 g/mol. The van der Waals surface area contributed by atoms with Gasteiger partial charge in [0, 0.05) is 12.7 Å². The molecule has 2 N–H and O–H groups in total. The zero-order chi connectivity index (χ0) is 26.2. The zero-order valence-corrected chi connectivity index (χ0v) is 20.2. The van der Waals surface area contributed by atoms with E-state index in [0.717, 1.165) is 5.56 Å². The van der Waals surface area contributed by atoms with Gasteiger partial charge in [0.1, 0.15) is 5.75 Å². The summed E-state index contributed by atoms with van der Waals surface area (Å²) < 4.78 is 27.4. The van der Waals surface area contributed by atoms with Crippen LogP contribution in [0.4, 0.5) is 14.9 Å². The number of nitrogens with zero attached hydrogens (tertiary/aromatic N) is 3. The quantitative estimate of drug-likeness (QED) is 0.497. The lowest BCUT2D eigenvalue weighted by atomic mass is 9.83. The number of halogens is 2. The molecule has 5 rings (SSSR count). The number of ether oxygens (including phenoxy) is 2. The van der Waals surface area contributed by atoms with E-state index in [0.29, 0.717) is 37.2 Å². The summed E-state index contributed by atoms with van der Waals surface area (Å²) >= 11 is 6.02. The third kappa shape index (κ3) is 4.94. The van der Waals surface area contributed by atoms with Crippen molar-refractivity contribution in [1.29, 1.82) is 0 Å². The number of likely N-dealkylation sites (tertiary alicyclic amines) is 1. The van der Waals surface area contributed by atoms with Crippen LogP contribution in [0, 0.1) is 5.82 Å². The van der Waals surface area contributed by atoms with E-state index in [1.165, 1.54) is 23.2 Å². The van der Waals surface area contributed by atoms with Crippen molar-refractivity contribution in [2.45, 2.75) is 25.0 Å². The van der Waals surface area contributed by atoms with Gasteiger partial charge in [-0.05, 0) is 42.7 Å². The Hall–Kier alpha value is -4.12. The molecule has 0 bridgehead atoms. The lowest BCUT2D eigenvalue weighted by molar-refractivity contribution is -0.139. The van der Waals surface area contributed by atoms with Gasteiger partial charge in [-0.1, -0.05) is 23.7 Å². The van der Waals surface area contributed by atoms with E-state index in [4.69, 9.17) is 26.2 Å². The summed E-state index contributed by atoms with van der Waals surface area (Å²) in [6.07, 6.45) is 3.19. The second kappa shape index (κ2) is 9.74. The predicted molar refractivity (Wildman–Crippen MR) is 129 cm³/mol. The lowest BCUT2D eigenvalue weighted by Gasteiger charge is -2.45. The summed E-state index contributed by atoms with van der Waals surface area (Å²) in [6, 6.07) is 9.76. The van der Waals surface area contributed by atoms with Crippen LogP contribution in [0.5, 0.6) is 5.75 Å². The Kier molecular flexibility index (Phi) is 6.46. The summed E-state index contributed by atoms with van der Waals surface area (Å²) in [6.45, 7) is 0.331. The van der Waals surface area contributed by atoms with E-state index in [1.807, 2.05) is 0 Å². The SMILES string of the molecule is O=C(O)COc1ccc(Cn2cc(C(=O)N3CCC[C@@]4(C3)OC(=O)Nc3ccc(Cl)c(F)c34)cn2)cc1. The molecular formula is C25H22ClFN4O6. The van der Waals surface area contributed by atoms with Crippen LogP contribution in [-0.4, -0.2) is 57.5 Å². The summed E-state index contributed by atoms with van der Waals surface area (Å²) in [5, 5.41) is 15.4. The fraction of sp³-hybridized carbons (Fsp3) is 0.280. The first kappa shape index (κ1) is 24.6. The number of carbonyl (C=O) groups is 3. The Labute approximate surface area is 215 Å². The first-order valence-electron chi connectivity index (χ1n) is 11.5. The van der Waals surface area contributed by atoms with E-state index in [9.17, 15) is 14.4 Å². The van der Waals surface area contributed by atoms with Gasteiger partial charge in [-0.2, -0.15) is 5.10 Å². The molecule has 192 valence electrons. The number of hydrogen-bond donors (Lipinski definition) is 2. The predicted octanol–water partition coefficient (Wildman–Crippen LogP) is 3.88. The van der Waals surface area contributed by atoms with Crippen LogP contribution in [0.3, 0.4) is 0 Å². The third-order valence-corrected chi connectivity index (χ3v) is 6.62. The highest BCUT2D eigenvalue weighted by Gasteiger charge is 2.48. The average Bonchev–Trinajstić information content (AvgIpc) is 3.33. The minimum Gasteiger partial charge on any atom is -0.482 e. The van der Waals surface area contributed by atoms with Crippen molar-refractivity contribution >= 4 is 35.3 Å². The van der Waals surface area contributed by atoms with Crippen LogP contribution in [0.25, 0.3) is 0 Å². The van der Waals surface area contributed by atoms with Crippen molar-refractivity contribution in [1.82, 2.24) is 14.7 Å². The van der Waals surface area contributed by atoms with Crippen molar-refractivity contribution in [3.05, 3.63) is 76.3 Å². The minimum absolute atomic E-state index is 0.0213. The number of nitrogens with one attached hydrogen (secondary N) is 1. The first-order chi connectivity index (χ1) is 17.7. The first-order valence-corrected chi connectivity index (χ1v) is 11.9. The van der Waals surface area contributed by atoms with Gasteiger partial charge >= 0.3 is 12.1 Å². The molecule has 1 atom stereocenters. The van der Waals surface area contributed by atoms with Gasteiger partial charge in [-0.25, -0.2) is 14.0 Å². The molecule has 1 saturated heterocycles. The lowest BCUT2D eigenvalue weighted by Crippen LogP contribution is -2.53. The second-order valence-electron chi connectivity index (χ2n) is 8.88. The number of amides is 2. The molecule has 10 nitrogen and oxygen atoms in total. The Morgan fingerprint density at radius 3 is 2.78 bits per heavy atom. The third-order valence-electron chi connectivity index (χ3n) is 6.33. The molecule has 1 fully saturated rings. The topological polar surface area (TPSA) is 123 Å². The van der Waals surface area contributed by atoms with Gasteiger partial charge in [0.05, 0.1) is 41.1 Å². The van der Waals surface area contributed by atoms with Gasteiger partial charge in [0.25, 0.3) is 5.91 Å². The molecule has 2 amide bonds. The Morgan fingerprint density at radius 2 is 2.03 bits per heavy atom. The number of aromatic nitrogens is 2. The molecule has 12 heteroatoms. The van der Waals surface area contributed by atoms with Crippen molar-refractivity contribution in [2.75, 3.05) is 25.0 Å². The van der Waals surface area contributed by atoms with Gasteiger partial charge in [0.15, 0.2) is 18.0 Å². The Balaban J connectivity index is 1.31. The summed E-state index contributed by atoms with van der Waals surface area (Å²) in [5.41, 5.74) is 0.280. The highest BCUT2D eigenvalue weighted by atomic mass is 35.5. The summed E-state index contributed by atoms with van der Waals surface area (Å²) in [5.74, 6) is -1.63. The summed E-state index contributed by atoms with van der Waals surface area (Å²) in [7, 11) is 0. The number of benzene rings is 2. The van der Waals surface area contributed by atoms with Gasteiger partial charge in [-0.3, -0.25) is 14.8 Å². The molecule has 2 aliphatic rings. The van der Waals surface area contributed by atoms with E-state index in [1.54, 1.807) is 35.1 Å². The van der Waals surface area contributed by atoms with E-state index in [2.05, 4.69) is 10.4 Å². The molecule has 1 spiro atoms. The fourth-order valence-corrected chi connectivity index (χ4v) is 4.87. The van der Waals surface area contributed by atoms with E-state index < -0.39 is 30.1 Å². The van der Waals surface area contributed by atoms with Crippen LogP contribution < -0.4 is 10.1 Å².